The number of nitrogens with one attached hydrogen (secondary N) is 1. The smallest absolute Gasteiger partial charge is 0.268 e. The highest BCUT2D eigenvalue weighted by Crippen LogP contribution is 2.38. The van der Waals surface area contributed by atoms with Crippen LogP contribution in [0.3, 0.4) is 0 Å². The van der Waals surface area contributed by atoms with Crippen LogP contribution in [0.25, 0.3) is 0 Å². The lowest BCUT2D eigenvalue weighted by atomic mass is 10.0. The number of rotatable bonds is 33. The highest BCUT2D eigenvalue weighted by atomic mass is 31.2. The molecule has 0 aliphatic rings. The van der Waals surface area contributed by atoms with Gasteiger partial charge in [-0.15, -0.1) is 0 Å². The summed E-state index contributed by atoms with van der Waals surface area (Å²) in [4.78, 5) is 25.1. The molecule has 0 spiro atoms. The Morgan fingerprint density at radius 2 is 1.24 bits per heavy atom. The van der Waals surface area contributed by atoms with Crippen molar-refractivity contribution in [2.75, 3.05) is 40.9 Å². The van der Waals surface area contributed by atoms with Crippen LogP contribution in [-0.2, 0) is 18.4 Å². The van der Waals surface area contributed by atoms with E-state index in [9.17, 15) is 19.4 Å². The second kappa shape index (κ2) is 30.1. The maximum atomic E-state index is 12.7. The quantitative estimate of drug-likeness (QED) is 0.0312. The highest BCUT2D eigenvalue weighted by Gasteiger charge is 2.23. The molecule has 0 aliphatic heterocycles. The second-order valence-electron chi connectivity index (χ2n) is 13.9. The molecule has 2 N–H and O–H groups in total. The number of quaternary nitrogens is 1. The van der Waals surface area contributed by atoms with Crippen LogP contribution in [0.4, 0.5) is 0 Å². The zero-order chi connectivity index (χ0) is 34.4. The maximum absolute atomic E-state index is 12.7. The van der Waals surface area contributed by atoms with Crippen LogP contribution in [0.5, 0.6) is 0 Å². The number of hydrogen-bond donors (Lipinski definition) is 2. The summed E-state index contributed by atoms with van der Waals surface area (Å²) in [6, 6.07) is -0.882. The minimum absolute atomic E-state index is 0.00137. The predicted octanol–water partition coefficient (Wildman–Crippen LogP) is 8.77. The Morgan fingerprint density at radius 1 is 0.739 bits per heavy atom. The molecule has 0 rings (SSSR count). The van der Waals surface area contributed by atoms with Crippen LogP contribution < -0.4 is 10.2 Å². The minimum Gasteiger partial charge on any atom is -0.756 e. The average Bonchev–Trinajstić information content (AvgIpc) is 2.99. The lowest BCUT2D eigenvalue weighted by Crippen LogP contribution is -2.45. The second-order valence-corrected chi connectivity index (χ2v) is 15.3. The summed E-state index contributed by atoms with van der Waals surface area (Å²) in [7, 11) is 1.25. The molecule has 0 aromatic rings. The topological polar surface area (TPSA) is 108 Å². The van der Waals surface area contributed by atoms with E-state index in [0.717, 1.165) is 38.5 Å². The number of unbranched alkanes of at least 4 members (excludes halogenated alkanes) is 18. The summed E-state index contributed by atoms with van der Waals surface area (Å²) in [5, 5.41) is 13.7. The first-order valence-corrected chi connectivity index (χ1v) is 20.2. The standard InChI is InChI=1S/C37H73N2O6P/c1-6-8-10-12-14-16-18-19-21-22-24-26-28-30-36(40)35(34-45-46(42,43)44-33-32-39(3,4)5)38-37(41)31-29-27-25-23-20-17-15-13-11-9-7-2/h10,12,28,30,35-36,40H,6-9,11,13-27,29,31-34H2,1-5H3,(H-,38,41,42,43)/b12-10-,30-28+/t35-,36+/m0/s1. The van der Waals surface area contributed by atoms with Gasteiger partial charge in [-0.2, -0.15) is 0 Å². The Kier molecular flexibility index (Phi) is 29.4. The van der Waals surface area contributed by atoms with Gasteiger partial charge in [-0.3, -0.25) is 9.36 Å². The molecule has 8 nitrogen and oxygen atoms in total. The summed E-state index contributed by atoms with van der Waals surface area (Å²) < 4.78 is 23.0. The van der Waals surface area contributed by atoms with E-state index in [2.05, 4.69) is 31.3 Å². The Hall–Kier alpha value is -1.02. The molecule has 0 aromatic heterocycles. The number of carbonyl (C=O) groups is 1. The SMILES string of the molecule is CCC/C=C\CCCCCCCC/C=C/[C@@H](O)[C@H](COP(=O)([O-])OCC[N+](C)(C)C)NC(=O)CCCCCCCCCCCCC. The first-order chi connectivity index (χ1) is 22.0. The molecule has 46 heavy (non-hydrogen) atoms. The van der Waals surface area contributed by atoms with Gasteiger partial charge in [0.05, 0.1) is 39.9 Å². The molecule has 0 bridgehead atoms. The monoisotopic (exact) mass is 673 g/mol. The van der Waals surface area contributed by atoms with E-state index in [1.807, 2.05) is 27.2 Å². The largest absolute Gasteiger partial charge is 0.756 e. The van der Waals surface area contributed by atoms with Crippen molar-refractivity contribution in [1.29, 1.82) is 0 Å². The summed E-state index contributed by atoms with van der Waals surface area (Å²) in [6.45, 7) is 4.55. The van der Waals surface area contributed by atoms with E-state index in [1.165, 1.54) is 96.3 Å². The molecular weight excluding hydrogens is 599 g/mol. The van der Waals surface area contributed by atoms with Crippen molar-refractivity contribution in [2.24, 2.45) is 0 Å². The number of allylic oxidation sites excluding steroid dienone is 3. The Bertz CT molecular complexity index is 814. The van der Waals surface area contributed by atoms with Gasteiger partial charge < -0.3 is 28.8 Å². The normalized spacial score (nSPS) is 15.0. The van der Waals surface area contributed by atoms with Crippen LogP contribution in [0.2, 0.25) is 0 Å². The van der Waals surface area contributed by atoms with Crippen molar-refractivity contribution in [1.82, 2.24) is 5.32 Å². The van der Waals surface area contributed by atoms with E-state index >= 15 is 0 Å². The van der Waals surface area contributed by atoms with Crippen LogP contribution in [0, 0.1) is 0 Å². The number of aliphatic hydroxyl groups excluding tert-OH is 1. The molecular formula is C37H73N2O6P. The van der Waals surface area contributed by atoms with Crippen molar-refractivity contribution in [2.45, 2.75) is 167 Å². The number of nitrogens with zero attached hydrogens (tertiary/aromatic N) is 1. The van der Waals surface area contributed by atoms with E-state index in [4.69, 9.17) is 9.05 Å². The van der Waals surface area contributed by atoms with Gasteiger partial charge in [0.25, 0.3) is 7.82 Å². The predicted molar refractivity (Wildman–Crippen MR) is 192 cm³/mol. The number of likely N-dealkylation sites (N-methyl/N-ethyl adjacent to an activating group) is 1. The molecule has 1 amide bonds. The van der Waals surface area contributed by atoms with Crippen molar-refractivity contribution in [3.8, 4) is 0 Å². The molecule has 9 heteroatoms. The molecule has 0 aromatic carbocycles. The van der Waals surface area contributed by atoms with Gasteiger partial charge in [-0.1, -0.05) is 134 Å². The van der Waals surface area contributed by atoms with Gasteiger partial charge in [0, 0.05) is 6.42 Å². The van der Waals surface area contributed by atoms with Crippen LogP contribution in [-0.4, -0.2) is 68.5 Å². The van der Waals surface area contributed by atoms with Gasteiger partial charge in [-0.25, -0.2) is 0 Å². The lowest BCUT2D eigenvalue weighted by Gasteiger charge is -2.29. The molecule has 1 unspecified atom stereocenters. The molecule has 0 radical (unpaired) electrons. The van der Waals surface area contributed by atoms with Gasteiger partial charge in [0.15, 0.2) is 0 Å². The molecule has 0 heterocycles. The third-order valence-corrected chi connectivity index (χ3v) is 9.10. The van der Waals surface area contributed by atoms with Crippen LogP contribution in [0.15, 0.2) is 24.3 Å². The molecule has 0 aliphatic carbocycles. The fourth-order valence-electron chi connectivity index (χ4n) is 5.09. The zero-order valence-electron chi connectivity index (χ0n) is 30.5. The molecule has 0 saturated heterocycles. The van der Waals surface area contributed by atoms with Gasteiger partial charge in [-0.05, 0) is 38.5 Å². The van der Waals surface area contributed by atoms with Crippen molar-refractivity contribution in [3.05, 3.63) is 24.3 Å². The highest BCUT2D eigenvalue weighted by molar-refractivity contribution is 7.45. The van der Waals surface area contributed by atoms with E-state index in [1.54, 1.807) is 6.08 Å². The molecule has 0 fully saturated rings. The first kappa shape index (κ1) is 45.0. The number of amides is 1. The molecule has 3 atom stereocenters. The van der Waals surface area contributed by atoms with Crippen molar-refractivity contribution >= 4 is 13.7 Å². The minimum atomic E-state index is -4.57. The van der Waals surface area contributed by atoms with Crippen LogP contribution >= 0.6 is 7.82 Å². The number of phosphoric acid groups is 1. The van der Waals surface area contributed by atoms with Crippen LogP contribution in [0.1, 0.15) is 155 Å². The lowest BCUT2D eigenvalue weighted by molar-refractivity contribution is -0.870. The maximum Gasteiger partial charge on any atom is 0.268 e. The van der Waals surface area contributed by atoms with E-state index in [0.29, 0.717) is 17.4 Å². The summed E-state index contributed by atoms with van der Waals surface area (Å²) >= 11 is 0. The number of aliphatic hydroxyl groups is 1. The number of hydrogen-bond acceptors (Lipinski definition) is 6. The zero-order valence-corrected chi connectivity index (χ0v) is 31.4. The van der Waals surface area contributed by atoms with E-state index < -0.39 is 20.0 Å². The summed E-state index contributed by atoms with van der Waals surface area (Å²) in [6.07, 6.45) is 32.1. The summed E-state index contributed by atoms with van der Waals surface area (Å²) in [5.74, 6) is -0.204. The Morgan fingerprint density at radius 3 is 1.78 bits per heavy atom. The molecule has 0 saturated carbocycles. The third kappa shape index (κ3) is 31.6. The average molecular weight is 673 g/mol. The van der Waals surface area contributed by atoms with E-state index in [-0.39, 0.29) is 19.1 Å². The fraction of sp³-hybridized carbons (Fsp3) is 0.865. The fourth-order valence-corrected chi connectivity index (χ4v) is 5.82. The number of carbonyl (C=O) groups excluding carboxylic acids is 1. The van der Waals surface area contributed by atoms with Crippen molar-refractivity contribution in [3.63, 3.8) is 0 Å². The number of phosphoric ester groups is 1. The molecule has 272 valence electrons. The third-order valence-electron chi connectivity index (χ3n) is 8.14. The Balaban J connectivity index is 4.57. The van der Waals surface area contributed by atoms with Gasteiger partial charge >= 0.3 is 0 Å². The first-order valence-electron chi connectivity index (χ1n) is 18.7. The Labute approximate surface area is 284 Å². The van der Waals surface area contributed by atoms with Gasteiger partial charge in [0.2, 0.25) is 5.91 Å². The summed E-state index contributed by atoms with van der Waals surface area (Å²) in [5.41, 5.74) is 0. The van der Waals surface area contributed by atoms with Crippen molar-refractivity contribution < 1.29 is 32.9 Å². The van der Waals surface area contributed by atoms with Gasteiger partial charge in [0.1, 0.15) is 13.2 Å².